The van der Waals surface area contributed by atoms with Crippen molar-refractivity contribution in [2.24, 2.45) is 5.41 Å². The molecule has 1 aliphatic heterocycles. The molecule has 0 spiro atoms. The molecule has 64 heavy (non-hydrogen) atoms. The molecule has 312 valence electrons. The van der Waals surface area contributed by atoms with Gasteiger partial charge >= 0.3 is 0 Å². The summed E-state index contributed by atoms with van der Waals surface area (Å²) in [5.41, 5.74) is 15.4. The molecule has 2 aromatic heterocycles. The minimum Gasteiger partial charge on any atom is -0.461 e. The van der Waals surface area contributed by atoms with Crippen LogP contribution in [0, 0.1) is 28.1 Å². The van der Waals surface area contributed by atoms with Crippen molar-refractivity contribution in [2.45, 2.75) is 59.3 Å². The fraction of sp³-hybridized carbons (Fsp3) is 0.172. The molecule has 4 nitrogen and oxygen atoms in total. The fourth-order valence-corrected chi connectivity index (χ4v) is 11.5. The summed E-state index contributed by atoms with van der Waals surface area (Å²) in [6, 6.07) is 53.5. The van der Waals surface area contributed by atoms with Crippen LogP contribution in [-0.2, 0) is 15.6 Å². The van der Waals surface area contributed by atoms with Crippen LogP contribution in [0.15, 0.2) is 174 Å². The van der Waals surface area contributed by atoms with Crippen LogP contribution in [0.1, 0.15) is 75.6 Å². The van der Waals surface area contributed by atoms with E-state index in [9.17, 15) is 10.5 Å². The smallest absolute Gasteiger partial charge is 0.137 e. The lowest BCUT2D eigenvalue weighted by Crippen LogP contribution is -2.18. The van der Waals surface area contributed by atoms with E-state index in [4.69, 9.17) is 4.74 Å². The van der Waals surface area contributed by atoms with Gasteiger partial charge in [0.1, 0.15) is 29.2 Å². The van der Waals surface area contributed by atoms with Crippen molar-refractivity contribution in [2.75, 3.05) is 4.90 Å². The van der Waals surface area contributed by atoms with E-state index in [0.717, 1.165) is 21.9 Å². The van der Waals surface area contributed by atoms with Crippen LogP contribution < -0.4 is 4.90 Å². The molecule has 6 heteroatoms. The summed E-state index contributed by atoms with van der Waals surface area (Å²) in [6.07, 6.45) is 7.50. The van der Waals surface area contributed by atoms with Crippen molar-refractivity contribution in [1.82, 2.24) is 0 Å². The molecule has 0 atom stereocenters. The molecule has 0 saturated heterocycles. The number of fused-ring (bicyclic) bond motifs is 6. The Morgan fingerprint density at radius 2 is 1.08 bits per heavy atom. The Labute approximate surface area is 384 Å². The van der Waals surface area contributed by atoms with Crippen molar-refractivity contribution in [3.8, 4) is 54.6 Å². The first-order chi connectivity index (χ1) is 30.7. The third-order valence-electron chi connectivity index (χ3n) is 13.0. The Balaban J connectivity index is 0.956. The molecule has 0 amide bonds. The van der Waals surface area contributed by atoms with Crippen molar-refractivity contribution in [1.29, 1.82) is 10.5 Å². The molecule has 5 aromatic carbocycles. The van der Waals surface area contributed by atoms with Gasteiger partial charge in [-0.05, 0) is 135 Å². The third kappa shape index (κ3) is 6.95. The van der Waals surface area contributed by atoms with E-state index in [1.54, 1.807) is 34.8 Å². The van der Waals surface area contributed by atoms with Gasteiger partial charge in [0.15, 0.2) is 0 Å². The van der Waals surface area contributed by atoms with E-state index in [-0.39, 0.29) is 21.8 Å². The Morgan fingerprint density at radius 1 is 0.562 bits per heavy atom. The minimum atomic E-state index is -0.290. The number of hydrogen-bond acceptors (Lipinski definition) is 6. The molecular weight excluding hydrogens is 819 g/mol. The Morgan fingerprint density at radius 3 is 1.66 bits per heavy atom. The Hall–Kier alpha value is -6.96. The predicted molar refractivity (Wildman–Crippen MR) is 267 cm³/mol. The monoisotopic (exact) mass is 865 g/mol. The van der Waals surface area contributed by atoms with Crippen LogP contribution >= 0.6 is 22.7 Å². The first-order valence-corrected chi connectivity index (χ1v) is 23.3. The van der Waals surface area contributed by atoms with Gasteiger partial charge in [0.25, 0.3) is 0 Å². The highest BCUT2D eigenvalue weighted by molar-refractivity contribution is 7.24. The lowest BCUT2D eigenvalue weighted by molar-refractivity contribution is 0.223. The molecule has 3 aliphatic rings. The summed E-state index contributed by atoms with van der Waals surface area (Å²) in [7, 11) is 0. The second-order valence-electron chi connectivity index (χ2n) is 18.8. The van der Waals surface area contributed by atoms with E-state index in [1.165, 1.54) is 64.7 Å². The first-order valence-electron chi connectivity index (χ1n) is 21.7. The fourth-order valence-electron chi connectivity index (χ4n) is 9.52. The van der Waals surface area contributed by atoms with Crippen LogP contribution in [0.4, 0.5) is 17.1 Å². The first kappa shape index (κ1) is 41.1. The molecule has 0 saturated carbocycles. The molecule has 7 aromatic rings. The standard InChI is InChI=1S/C58H47N3OS2/c1-56(2,3)55-31-37(38(34-59)35-60)30-42(62-55)22-23-43-24-27-53(63-43)54-29-28-52(64-54)36-16-18-39(19-17-36)61(40-20-25-46-44-12-8-10-14-48(44)57(4,5)50(46)32-40)41-21-26-47-45-13-9-11-15-49(45)58(6,7)51(47)33-41/h8-33H,1-7H3/b23-22+. The number of thiophene rings is 2. The van der Waals surface area contributed by atoms with Crippen LogP contribution in [0.3, 0.4) is 0 Å². The molecule has 0 fully saturated rings. The lowest BCUT2D eigenvalue weighted by Gasteiger charge is -2.30. The van der Waals surface area contributed by atoms with Crippen molar-refractivity contribution >= 4 is 45.8 Å². The number of nitriles is 2. The Kier molecular flexibility index (Phi) is 9.87. The molecule has 0 unspecified atom stereocenters. The van der Waals surface area contributed by atoms with Gasteiger partial charge in [-0.3, -0.25) is 0 Å². The predicted octanol–water partition coefficient (Wildman–Crippen LogP) is 16.4. The summed E-state index contributed by atoms with van der Waals surface area (Å²) in [5.74, 6) is 1.31. The third-order valence-corrected chi connectivity index (χ3v) is 15.4. The van der Waals surface area contributed by atoms with Gasteiger partial charge in [0, 0.05) is 58.4 Å². The van der Waals surface area contributed by atoms with E-state index < -0.39 is 0 Å². The average molecular weight is 866 g/mol. The van der Waals surface area contributed by atoms with Crippen LogP contribution in [-0.4, -0.2) is 0 Å². The topological polar surface area (TPSA) is 60.0 Å². The second-order valence-corrected chi connectivity index (χ2v) is 21.0. The van der Waals surface area contributed by atoms with Gasteiger partial charge < -0.3 is 9.64 Å². The molecule has 0 N–H and O–H groups in total. The van der Waals surface area contributed by atoms with E-state index >= 15 is 0 Å². The zero-order chi connectivity index (χ0) is 44.5. The number of benzene rings is 5. The summed E-state index contributed by atoms with van der Waals surface area (Å²) in [5, 5.41) is 19.1. The summed E-state index contributed by atoms with van der Waals surface area (Å²) in [6.45, 7) is 15.5. The molecule has 0 bridgehead atoms. The van der Waals surface area contributed by atoms with Crippen molar-refractivity contribution in [3.05, 3.63) is 201 Å². The number of ether oxygens (including phenoxy) is 1. The summed E-state index contributed by atoms with van der Waals surface area (Å²) >= 11 is 3.51. The van der Waals surface area contributed by atoms with Crippen LogP contribution in [0.2, 0.25) is 0 Å². The number of hydrogen-bond donors (Lipinski definition) is 0. The van der Waals surface area contributed by atoms with Gasteiger partial charge in [-0.15, -0.1) is 22.7 Å². The van der Waals surface area contributed by atoms with Crippen molar-refractivity contribution in [3.63, 3.8) is 0 Å². The average Bonchev–Trinajstić information content (AvgIpc) is 4.08. The summed E-state index contributed by atoms with van der Waals surface area (Å²) in [4.78, 5) is 7.11. The maximum Gasteiger partial charge on any atom is 0.137 e. The summed E-state index contributed by atoms with van der Waals surface area (Å²) < 4.78 is 6.22. The Bertz CT molecular complexity index is 3130. The highest BCUT2D eigenvalue weighted by atomic mass is 32.1. The van der Waals surface area contributed by atoms with E-state index in [2.05, 4.69) is 187 Å². The van der Waals surface area contributed by atoms with Gasteiger partial charge in [-0.25, -0.2) is 0 Å². The number of rotatable bonds is 7. The van der Waals surface area contributed by atoms with Gasteiger partial charge in [0.05, 0.1) is 0 Å². The second kappa shape index (κ2) is 15.4. The maximum absolute atomic E-state index is 9.55. The van der Waals surface area contributed by atoms with Crippen LogP contribution in [0.25, 0.3) is 48.5 Å². The van der Waals surface area contributed by atoms with Gasteiger partial charge in [0.2, 0.25) is 0 Å². The minimum absolute atomic E-state index is 0.0690. The molecule has 3 heterocycles. The van der Waals surface area contributed by atoms with Crippen molar-refractivity contribution < 1.29 is 4.74 Å². The van der Waals surface area contributed by atoms with Crippen LogP contribution in [0.5, 0.6) is 0 Å². The maximum atomic E-state index is 9.55. The zero-order valence-corrected chi connectivity index (χ0v) is 38.7. The number of nitrogens with zero attached hydrogens (tertiary/aromatic N) is 3. The highest BCUT2D eigenvalue weighted by Crippen LogP contribution is 2.53. The number of anilines is 3. The molecular formula is C58H47N3OS2. The quantitative estimate of drug-likeness (QED) is 0.150. The molecule has 0 radical (unpaired) electrons. The number of allylic oxidation sites excluding steroid dienone is 6. The van der Waals surface area contributed by atoms with E-state index in [1.807, 2.05) is 24.3 Å². The normalized spacial score (nSPS) is 15.2. The molecule has 2 aliphatic carbocycles. The highest BCUT2D eigenvalue weighted by Gasteiger charge is 2.38. The SMILES string of the molecule is CC(C)(C)C1=CC(=C(C#N)C#N)C=C(/C=C/c2ccc(-c3ccc(-c4ccc(N(c5ccc6c(c5)C(C)(C)c5ccccc5-6)c5ccc6c(c5)C(C)(C)c5ccccc5-6)cc4)s3)s2)O1. The molecule has 10 rings (SSSR count). The van der Waals surface area contributed by atoms with E-state index in [0.29, 0.717) is 17.1 Å². The zero-order valence-electron chi connectivity index (χ0n) is 37.1. The lowest BCUT2D eigenvalue weighted by atomic mass is 9.82. The van der Waals surface area contributed by atoms with Gasteiger partial charge in [-0.1, -0.05) is 121 Å². The largest absolute Gasteiger partial charge is 0.461 e. The van der Waals surface area contributed by atoms with Gasteiger partial charge in [-0.2, -0.15) is 10.5 Å².